The second-order valence-electron chi connectivity index (χ2n) is 5.02. The van der Waals surface area contributed by atoms with Crippen LogP contribution < -0.4 is 16.0 Å². The Kier molecular flexibility index (Phi) is 3.87. The molecule has 1 aromatic rings. The largest absolute Gasteiger partial charge is 0.373 e. The quantitative estimate of drug-likeness (QED) is 0.820. The molecule has 1 amide bonds. The first-order valence-electron chi connectivity index (χ1n) is 6.45. The first-order chi connectivity index (χ1) is 8.62. The molecule has 4 heteroatoms. The molecule has 1 aromatic carbocycles. The van der Waals surface area contributed by atoms with E-state index in [-0.39, 0.29) is 5.91 Å². The molecule has 4 nitrogen and oxygen atoms in total. The highest BCUT2D eigenvalue weighted by Gasteiger charge is 2.39. The van der Waals surface area contributed by atoms with Gasteiger partial charge in [-0.3, -0.25) is 4.79 Å². The SMILES string of the molecule is CN(CCNC(=O)C1(N)CCC1)c1ccccc1. The zero-order chi connectivity index (χ0) is 13.0. The van der Waals surface area contributed by atoms with Crippen LogP contribution in [0.25, 0.3) is 0 Å². The molecule has 3 N–H and O–H groups in total. The lowest BCUT2D eigenvalue weighted by Crippen LogP contribution is -2.59. The van der Waals surface area contributed by atoms with Gasteiger partial charge in [0.1, 0.15) is 0 Å². The van der Waals surface area contributed by atoms with Crippen LogP contribution in [0, 0.1) is 0 Å². The lowest BCUT2D eigenvalue weighted by Gasteiger charge is -2.36. The summed E-state index contributed by atoms with van der Waals surface area (Å²) in [5, 5.41) is 2.92. The molecule has 2 rings (SSSR count). The van der Waals surface area contributed by atoms with Crippen LogP contribution >= 0.6 is 0 Å². The zero-order valence-electron chi connectivity index (χ0n) is 10.9. The Bertz CT molecular complexity index is 401. The summed E-state index contributed by atoms with van der Waals surface area (Å²) in [6.45, 7) is 1.41. The van der Waals surface area contributed by atoms with Gasteiger partial charge in [0.05, 0.1) is 5.54 Å². The van der Waals surface area contributed by atoms with Crippen molar-refractivity contribution < 1.29 is 4.79 Å². The Morgan fingerprint density at radius 1 is 1.39 bits per heavy atom. The van der Waals surface area contributed by atoms with Gasteiger partial charge in [-0.1, -0.05) is 18.2 Å². The molecule has 0 aromatic heterocycles. The molecular weight excluding hydrogens is 226 g/mol. The van der Waals surface area contributed by atoms with Crippen molar-refractivity contribution in [3.63, 3.8) is 0 Å². The van der Waals surface area contributed by atoms with Gasteiger partial charge in [-0.25, -0.2) is 0 Å². The second kappa shape index (κ2) is 5.40. The number of nitrogens with zero attached hydrogens (tertiary/aromatic N) is 1. The topological polar surface area (TPSA) is 58.4 Å². The second-order valence-corrected chi connectivity index (χ2v) is 5.02. The van der Waals surface area contributed by atoms with Gasteiger partial charge in [0.2, 0.25) is 5.91 Å². The number of hydrogen-bond acceptors (Lipinski definition) is 3. The Morgan fingerprint density at radius 3 is 2.61 bits per heavy atom. The third kappa shape index (κ3) is 2.82. The Balaban J connectivity index is 1.74. The molecule has 0 radical (unpaired) electrons. The normalized spacial score (nSPS) is 16.8. The van der Waals surface area contributed by atoms with Crippen molar-refractivity contribution in [2.45, 2.75) is 24.8 Å². The third-order valence-corrected chi connectivity index (χ3v) is 3.63. The highest BCUT2D eigenvalue weighted by molar-refractivity contribution is 5.87. The molecule has 1 fully saturated rings. The van der Waals surface area contributed by atoms with Crippen molar-refractivity contribution in [3.8, 4) is 0 Å². The third-order valence-electron chi connectivity index (χ3n) is 3.63. The van der Waals surface area contributed by atoms with Crippen LogP contribution in [0.15, 0.2) is 30.3 Å². The van der Waals surface area contributed by atoms with E-state index in [0.29, 0.717) is 6.54 Å². The van der Waals surface area contributed by atoms with Crippen LogP contribution in [0.1, 0.15) is 19.3 Å². The molecule has 0 unspecified atom stereocenters. The minimum Gasteiger partial charge on any atom is -0.373 e. The number of hydrogen-bond donors (Lipinski definition) is 2. The van der Waals surface area contributed by atoms with E-state index in [9.17, 15) is 4.79 Å². The van der Waals surface area contributed by atoms with Crippen molar-refractivity contribution in [3.05, 3.63) is 30.3 Å². The fraction of sp³-hybridized carbons (Fsp3) is 0.500. The molecule has 1 aliphatic rings. The van der Waals surface area contributed by atoms with Crippen molar-refractivity contribution >= 4 is 11.6 Å². The predicted molar refractivity (Wildman–Crippen MR) is 73.5 cm³/mol. The summed E-state index contributed by atoms with van der Waals surface area (Å²) in [6, 6.07) is 10.1. The van der Waals surface area contributed by atoms with Crippen molar-refractivity contribution in [1.29, 1.82) is 0 Å². The number of nitrogens with two attached hydrogens (primary N) is 1. The van der Waals surface area contributed by atoms with Crippen molar-refractivity contribution in [1.82, 2.24) is 5.32 Å². The van der Waals surface area contributed by atoms with Crippen LogP contribution in [0.2, 0.25) is 0 Å². The fourth-order valence-corrected chi connectivity index (χ4v) is 2.11. The summed E-state index contributed by atoms with van der Waals surface area (Å²) in [5.74, 6) is -0.00443. The van der Waals surface area contributed by atoms with Crippen LogP contribution in [-0.2, 0) is 4.79 Å². The first-order valence-corrected chi connectivity index (χ1v) is 6.45. The van der Waals surface area contributed by atoms with Gasteiger partial charge in [0.15, 0.2) is 0 Å². The first kappa shape index (κ1) is 12.9. The minimum atomic E-state index is -0.592. The van der Waals surface area contributed by atoms with E-state index in [1.54, 1.807) is 0 Å². The lowest BCUT2D eigenvalue weighted by atomic mass is 9.77. The van der Waals surface area contributed by atoms with Crippen LogP contribution in [0.5, 0.6) is 0 Å². The molecule has 1 aliphatic carbocycles. The maximum atomic E-state index is 11.8. The highest BCUT2D eigenvalue weighted by atomic mass is 16.2. The Labute approximate surface area is 108 Å². The maximum absolute atomic E-state index is 11.8. The number of para-hydroxylation sites is 1. The van der Waals surface area contributed by atoms with Gasteiger partial charge in [-0.15, -0.1) is 0 Å². The van der Waals surface area contributed by atoms with Crippen LogP contribution in [0.4, 0.5) is 5.69 Å². The van der Waals surface area contributed by atoms with Gasteiger partial charge in [-0.2, -0.15) is 0 Å². The summed E-state index contributed by atoms with van der Waals surface area (Å²) in [5.41, 5.74) is 6.51. The molecule has 0 saturated heterocycles. The molecule has 0 bridgehead atoms. The van der Waals surface area contributed by atoms with Crippen LogP contribution in [0.3, 0.4) is 0 Å². The lowest BCUT2D eigenvalue weighted by molar-refractivity contribution is -0.129. The van der Waals surface area contributed by atoms with Crippen molar-refractivity contribution in [2.24, 2.45) is 5.73 Å². The number of benzene rings is 1. The van der Waals surface area contributed by atoms with E-state index >= 15 is 0 Å². The monoisotopic (exact) mass is 247 g/mol. The number of amides is 1. The Hall–Kier alpha value is -1.55. The summed E-state index contributed by atoms with van der Waals surface area (Å²) in [4.78, 5) is 13.9. The van der Waals surface area contributed by atoms with E-state index in [1.807, 2.05) is 25.2 Å². The van der Waals surface area contributed by atoms with E-state index in [0.717, 1.165) is 31.5 Å². The molecule has 1 saturated carbocycles. The number of nitrogens with one attached hydrogen (secondary N) is 1. The van der Waals surface area contributed by atoms with Gasteiger partial charge in [-0.05, 0) is 31.4 Å². The van der Waals surface area contributed by atoms with Gasteiger partial charge in [0, 0.05) is 25.8 Å². The maximum Gasteiger partial charge on any atom is 0.240 e. The van der Waals surface area contributed by atoms with Gasteiger partial charge >= 0.3 is 0 Å². The summed E-state index contributed by atoms with van der Waals surface area (Å²) >= 11 is 0. The smallest absolute Gasteiger partial charge is 0.240 e. The summed E-state index contributed by atoms with van der Waals surface area (Å²) in [7, 11) is 2.02. The zero-order valence-corrected chi connectivity index (χ0v) is 10.9. The minimum absolute atomic E-state index is 0.00443. The van der Waals surface area contributed by atoms with Crippen molar-refractivity contribution in [2.75, 3.05) is 25.0 Å². The molecule has 98 valence electrons. The molecule has 0 aliphatic heterocycles. The van der Waals surface area contributed by atoms with Crippen LogP contribution in [-0.4, -0.2) is 31.6 Å². The predicted octanol–water partition coefficient (Wildman–Crippen LogP) is 1.12. The van der Waals surface area contributed by atoms with E-state index in [4.69, 9.17) is 5.73 Å². The number of rotatable bonds is 5. The average molecular weight is 247 g/mol. The Morgan fingerprint density at radius 2 is 2.06 bits per heavy atom. The summed E-state index contributed by atoms with van der Waals surface area (Å²) in [6.07, 6.45) is 2.69. The van der Waals surface area contributed by atoms with Gasteiger partial charge < -0.3 is 16.0 Å². The molecular formula is C14H21N3O. The number of carbonyl (C=O) groups excluding carboxylic acids is 1. The van der Waals surface area contributed by atoms with E-state index in [1.165, 1.54) is 0 Å². The number of carbonyl (C=O) groups is 1. The van der Waals surface area contributed by atoms with E-state index in [2.05, 4.69) is 22.3 Å². The number of likely N-dealkylation sites (N-methyl/N-ethyl adjacent to an activating group) is 1. The van der Waals surface area contributed by atoms with E-state index < -0.39 is 5.54 Å². The molecule has 18 heavy (non-hydrogen) atoms. The molecule has 0 heterocycles. The molecule has 0 spiro atoms. The van der Waals surface area contributed by atoms with Gasteiger partial charge in [0.25, 0.3) is 0 Å². The molecule has 0 atom stereocenters. The average Bonchev–Trinajstić information content (AvgIpc) is 2.36. The highest BCUT2D eigenvalue weighted by Crippen LogP contribution is 2.28. The fourth-order valence-electron chi connectivity index (χ4n) is 2.11. The summed E-state index contributed by atoms with van der Waals surface area (Å²) < 4.78 is 0. The standard InChI is InChI=1S/C14H21N3O/c1-17(12-6-3-2-4-7-12)11-10-16-13(18)14(15)8-5-9-14/h2-4,6-7H,5,8-11,15H2,1H3,(H,16,18). The number of anilines is 1.